The van der Waals surface area contributed by atoms with Crippen LogP contribution in [0.4, 0.5) is 5.69 Å². The van der Waals surface area contributed by atoms with Gasteiger partial charge in [0.25, 0.3) is 0 Å². The van der Waals surface area contributed by atoms with Crippen LogP contribution in [0.3, 0.4) is 0 Å². The highest BCUT2D eigenvalue weighted by Gasteiger charge is 2.26. The molecule has 0 aliphatic carbocycles. The molecule has 3 aromatic rings. The van der Waals surface area contributed by atoms with Crippen molar-refractivity contribution in [3.8, 4) is 0 Å². The minimum atomic E-state index is -4.10. The SMILES string of the molecule is Cc1ccc(S(=O)(=O)[NH+]([O-])c2cc(C)cc3cccnc23)cc1. The lowest BCUT2D eigenvalue weighted by Crippen LogP contribution is -3.04. The van der Waals surface area contributed by atoms with Gasteiger partial charge >= 0.3 is 10.0 Å². The van der Waals surface area contributed by atoms with E-state index in [-0.39, 0.29) is 10.6 Å². The summed E-state index contributed by atoms with van der Waals surface area (Å²) >= 11 is 0. The number of aromatic nitrogens is 1. The Morgan fingerprint density at radius 3 is 2.39 bits per heavy atom. The van der Waals surface area contributed by atoms with E-state index in [0.29, 0.717) is 5.52 Å². The van der Waals surface area contributed by atoms with E-state index < -0.39 is 14.5 Å². The minimum Gasteiger partial charge on any atom is -0.612 e. The van der Waals surface area contributed by atoms with E-state index in [0.717, 1.165) is 16.5 Å². The second-order valence-corrected chi connectivity index (χ2v) is 7.34. The summed E-state index contributed by atoms with van der Waals surface area (Å²) in [6.45, 7) is 3.68. The summed E-state index contributed by atoms with van der Waals surface area (Å²) in [6.07, 6.45) is 1.55. The van der Waals surface area contributed by atoms with Crippen LogP contribution in [-0.2, 0) is 10.0 Å². The molecule has 0 bridgehead atoms. The topological polar surface area (TPSA) is 74.5 Å². The van der Waals surface area contributed by atoms with Gasteiger partial charge in [0, 0.05) is 17.6 Å². The number of pyridine rings is 1. The summed E-state index contributed by atoms with van der Waals surface area (Å²) < 4.78 is 24.3. The number of fused-ring (bicyclic) bond motifs is 1. The third kappa shape index (κ3) is 2.84. The zero-order chi connectivity index (χ0) is 16.6. The number of quaternary nitrogens is 1. The molecule has 1 aromatic heterocycles. The number of benzene rings is 2. The lowest BCUT2D eigenvalue weighted by Gasteiger charge is -2.22. The maximum atomic E-state index is 12.7. The first-order chi connectivity index (χ1) is 10.9. The average Bonchev–Trinajstić information content (AvgIpc) is 2.53. The predicted molar refractivity (Wildman–Crippen MR) is 88.8 cm³/mol. The van der Waals surface area contributed by atoms with Crippen LogP contribution in [0.1, 0.15) is 11.1 Å². The van der Waals surface area contributed by atoms with Crippen LogP contribution in [0.25, 0.3) is 10.9 Å². The molecule has 118 valence electrons. The van der Waals surface area contributed by atoms with Crippen LogP contribution < -0.4 is 4.47 Å². The standard InChI is InChI=1S/C17H16N2O3S/c1-12-5-7-15(8-6-12)23(21,22)19(20)16-11-13(2)10-14-4-3-9-18-17(14)16/h3-11,19H,1-2H3. The highest BCUT2D eigenvalue weighted by atomic mass is 32.2. The molecule has 0 spiro atoms. The molecular formula is C17H16N2O3S. The minimum absolute atomic E-state index is 0.00122. The van der Waals surface area contributed by atoms with E-state index in [1.165, 1.54) is 12.1 Å². The first kappa shape index (κ1) is 15.6. The van der Waals surface area contributed by atoms with Gasteiger partial charge < -0.3 is 5.21 Å². The molecule has 1 atom stereocenters. The van der Waals surface area contributed by atoms with Gasteiger partial charge in [0.15, 0.2) is 5.69 Å². The summed E-state index contributed by atoms with van der Waals surface area (Å²) in [7, 11) is -4.10. The Morgan fingerprint density at radius 1 is 1.00 bits per heavy atom. The quantitative estimate of drug-likeness (QED) is 0.748. The molecule has 3 rings (SSSR count). The molecule has 1 unspecified atom stereocenters. The normalized spacial score (nSPS) is 13.2. The van der Waals surface area contributed by atoms with Crippen molar-refractivity contribution >= 4 is 26.6 Å². The highest BCUT2D eigenvalue weighted by Crippen LogP contribution is 2.21. The molecule has 0 aliphatic heterocycles. The Hall–Kier alpha value is -2.28. The summed E-state index contributed by atoms with van der Waals surface area (Å²) in [5.74, 6) is 0. The molecule has 2 aromatic carbocycles. The maximum absolute atomic E-state index is 12.7. The van der Waals surface area contributed by atoms with Gasteiger partial charge in [-0.1, -0.05) is 23.8 Å². The molecule has 0 radical (unpaired) electrons. The van der Waals surface area contributed by atoms with E-state index in [4.69, 9.17) is 0 Å². The zero-order valence-electron chi connectivity index (χ0n) is 12.8. The number of nitrogens with one attached hydrogen (secondary N) is 1. The number of sulfonamides is 1. The molecule has 23 heavy (non-hydrogen) atoms. The third-order valence-electron chi connectivity index (χ3n) is 3.64. The number of aryl methyl sites for hydroxylation is 2. The molecule has 0 saturated heterocycles. The van der Waals surface area contributed by atoms with E-state index in [9.17, 15) is 13.6 Å². The van der Waals surface area contributed by atoms with Gasteiger partial charge in [0.2, 0.25) is 0 Å². The van der Waals surface area contributed by atoms with Crippen molar-refractivity contribution in [2.45, 2.75) is 18.7 Å². The smallest absolute Gasteiger partial charge is 0.330 e. The van der Waals surface area contributed by atoms with Crippen molar-refractivity contribution < 1.29 is 12.9 Å². The van der Waals surface area contributed by atoms with Gasteiger partial charge in [-0.25, -0.2) is 9.45 Å². The van der Waals surface area contributed by atoms with Crippen molar-refractivity contribution in [3.05, 3.63) is 71.1 Å². The van der Waals surface area contributed by atoms with Crippen molar-refractivity contribution in [1.29, 1.82) is 0 Å². The van der Waals surface area contributed by atoms with Gasteiger partial charge in [0.05, 0.1) is 0 Å². The predicted octanol–water partition coefficient (Wildman–Crippen LogP) is 2.25. The second kappa shape index (κ2) is 5.73. The Bertz CT molecular complexity index is 967. The maximum Gasteiger partial charge on any atom is 0.330 e. The lowest BCUT2D eigenvalue weighted by atomic mass is 10.1. The van der Waals surface area contributed by atoms with Crippen LogP contribution >= 0.6 is 0 Å². The molecule has 5 nitrogen and oxygen atoms in total. The fraction of sp³-hybridized carbons (Fsp3) is 0.118. The van der Waals surface area contributed by atoms with Crippen LogP contribution in [0.5, 0.6) is 0 Å². The van der Waals surface area contributed by atoms with E-state index >= 15 is 0 Å². The number of nitrogens with zero attached hydrogens (tertiary/aromatic N) is 1. The molecule has 6 heteroatoms. The lowest BCUT2D eigenvalue weighted by molar-refractivity contribution is -0.623. The summed E-state index contributed by atoms with van der Waals surface area (Å²) in [4.78, 5) is 4.18. The summed E-state index contributed by atoms with van der Waals surface area (Å²) in [5.41, 5.74) is 2.26. The largest absolute Gasteiger partial charge is 0.612 e. The highest BCUT2D eigenvalue weighted by molar-refractivity contribution is 7.85. The fourth-order valence-corrected chi connectivity index (χ4v) is 3.62. The molecule has 0 saturated carbocycles. The fourth-order valence-electron chi connectivity index (χ4n) is 2.47. The average molecular weight is 328 g/mol. The van der Waals surface area contributed by atoms with Gasteiger partial charge in [-0.15, -0.1) is 0 Å². The van der Waals surface area contributed by atoms with Crippen molar-refractivity contribution in [2.24, 2.45) is 0 Å². The van der Waals surface area contributed by atoms with Crippen LogP contribution in [0.2, 0.25) is 0 Å². The van der Waals surface area contributed by atoms with Gasteiger partial charge in [0.1, 0.15) is 10.4 Å². The second-order valence-electron chi connectivity index (χ2n) is 5.49. The van der Waals surface area contributed by atoms with Crippen LogP contribution in [-0.4, -0.2) is 13.4 Å². The summed E-state index contributed by atoms with van der Waals surface area (Å²) in [5, 5.41) is 13.4. The molecule has 1 N–H and O–H groups in total. The summed E-state index contributed by atoms with van der Waals surface area (Å²) in [6, 6.07) is 13.3. The van der Waals surface area contributed by atoms with Gasteiger partial charge in [-0.05, 0) is 43.7 Å². The Morgan fingerprint density at radius 2 is 1.70 bits per heavy atom. The molecular weight excluding hydrogens is 312 g/mol. The Kier molecular flexibility index (Phi) is 3.89. The molecule has 1 heterocycles. The van der Waals surface area contributed by atoms with Crippen molar-refractivity contribution in [2.75, 3.05) is 0 Å². The third-order valence-corrected chi connectivity index (χ3v) is 5.25. The van der Waals surface area contributed by atoms with E-state index in [1.807, 2.05) is 26.0 Å². The monoisotopic (exact) mass is 328 g/mol. The zero-order valence-corrected chi connectivity index (χ0v) is 13.6. The Balaban J connectivity index is 2.16. The molecule has 0 fully saturated rings. The Labute approximate surface area is 134 Å². The number of hydrogen-bond acceptors (Lipinski definition) is 4. The van der Waals surface area contributed by atoms with Crippen molar-refractivity contribution in [3.63, 3.8) is 0 Å². The number of rotatable bonds is 3. The first-order valence-corrected chi connectivity index (χ1v) is 8.59. The van der Waals surface area contributed by atoms with E-state index in [2.05, 4.69) is 4.98 Å². The van der Waals surface area contributed by atoms with Crippen molar-refractivity contribution in [1.82, 2.24) is 4.98 Å². The first-order valence-electron chi connectivity index (χ1n) is 7.11. The number of hydrogen-bond donors (Lipinski definition) is 1. The molecule has 0 aliphatic rings. The molecule has 0 amide bonds. The van der Waals surface area contributed by atoms with Crippen LogP contribution in [0.15, 0.2) is 59.6 Å². The van der Waals surface area contributed by atoms with Crippen LogP contribution in [0, 0.1) is 19.1 Å². The van der Waals surface area contributed by atoms with E-state index in [1.54, 1.807) is 30.5 Å². The van der Waals surface area contributed by atoms with Gasteiger partial charge in [-0.3, -0.25) is 0 Å². The van der Waals surface area contributed by atoms with Gasteiger partial charge in [-0.2, -0.15) is 8.42 Å².